The molecule has 0 saturated heterocycles. The molecule has 0 bridgehead atoms. The van der Waals surface area contributed by atoms with Gasteiger partial charge in [0.05, 0.1) is 13.4 Å². The molecule has 0 fully saturated rings. The molecule has 1 aliphatic rings. The first kappa shape index (κ1) is 13.5. The van der Waals surface area contributed by atoms with Gasteiger partial charge in [-0.15, -0.1) is 0 Å². The van der Waals surface area contributed by atoms with Crippen molar-refractivity contribution in [2.75, 3.05) is 13.7 Å². The Hall–Kier alpha value is -2.49. The fourth-order valence-corrected chi connectivity index (χ4v) is 2.49. The summed E-state index contributed by atoms with van der Waals surface area (Å²) in [4.78, 5) is 14.0. The highest BCUT2D eigenvalue weighted by atomic mass is 16.5. The molecule has 2 aromatic rings. The first-order valence-electron chi connectivity index (χ1n) is 6.92. The third kappa shape index (κ3) is 2.99. The quantitative estimate of drug-likeness (QED) is 0.813. The number of nitrogens with zero attached hydrogens (tertiary/aromatic N) is 1. The second kappa shape index (κ2) is 5.87. The zero-order valence-electron chi connectivity index (χ0n) is 11.9. The molecule has 1 aromatic carbocycles. The Morgan fingerprint density at radius 1 is 1.33 bits per heavy atom. The van der Waals surface area contributed by atoms with E-state index in [2.05, 4.69) is 6.07 Å². The minimum absolute atomic E-state index is 0.00729. The molecular formula is C17H17NO3. The Kier molecular flexibility index (Phi) is 3.77. The van der Waals surface area contributed by atoms with Crippen LogP contribution in [0.5, 0.6) is 5.75 Å². The summed E-state index contributed by atoms with van der Waals surface area (Å²) in [5.41, 5.74) is 2.44. The molecule has 0 N–H and O–H groups in total. The van der Waals surface area contributed by atoms with Crippen molar-refractivity contribution in [3.05, 3.63) is 59.6 Å². The van der Waals surface area contributed by atoms with E-state index in [0.29, 0.717) is 12.3 Å². The molecule has 4 nitrogen and oxygen atoms in total. The molecule has 0 radical (unpaired) electrons. The van der Waals surface area contributed by atoms with Crippen LogP contribution < -0.4 is 4.74 Å². The van der Waals surface area contributed by atoms with E-state index >= 15 is 0 Å². The maximum atomic E-state index is 12.2. The van der Waals surface area contributed by atoms with Crippen LogP contribution in [0.1, 0.15) is 16.9 Å². The van der Waals surface area contributed by atoms with Crippen molar-refractivity contribution >= 4 is 12.0 Å². The number of carbonyl (C=O) groups excluding carboxylic acids is 1. The van der Waals surface area contributed by atoms with Crippen LogP contribution in [0.25, 0.3) is 6.08 Å². The van der Waals surface area contributed by atoms with E-state index in [9.17, 15) is 4.79 Å². The first-order chi connectivity index (χ1) is 10.3. The van der Waals surface area contributed by atoms with Gasteiger partial charge in [-0.05, 0) is 47.9 Å². The van der Waals surface area contributed by atoms with Crippen LogP contribution in [-0.4, -0.2) is 24.5 Å². The lowest BCUT2D eigenvalue weighted by atomic mass is 9.99. The molecule has 1 aliphatic heterocycles. The molecule has 21 heavy (non-hydrogen) atoms. The van der Waals surface area contributed by atoms with Gasteiger partial charge in [0.1, 0.15) is 11.5 Å². The average Bonchev–Trinajstić information content (AvgIpc) is 3.05. The normalized spacial score (nSPS) is 14.2. The molecule has 2 heterocycles. The zero-order chi connectivity index (χ0) is 14.7. The number of ether oxygens (including phenoxy) is 1. The van der Waals surface area contributed by atoms with E-state index in [4.69, 9.17) is 9.15 Å². The van der Waals surface area contributed by atoms with Crippen LogP contribution in [0.15, 0.2) is 47.1 Å². The SMILES string of the molecule is COc1ccc2c(c1)CCN(C(=O)/C=C/c1ccco1)C2. The third-order valence-corrected chi connectivity index (χ3v) is 3.67. The molecule has 0 unspecified atom stereocenters. The van der Waals surface area contributed by atoms with Crippen LogP contribution in [0, 0.1) is 0 Å². The Balaban J connectivity index is 1.69. The third-order valence-electron chi connectivity index (χ3n) is 3.67. The summed E-state index contributed by atoms with van der Waals surface area (Å²) in [5.74, 6) is 1.56. The molecule has 1 aromatic heterocycles. The topological polar surface area (TPSA) is 42.7 Å². The zero-order valence-corrected chi connectivity index (χ0v) is 11.9. The van der Waals surface area contributed by atoms with Crippen molar-refractivity contribution < 1.29 is 13.9 Å². The highest BCUT2D eigenvalue weighted by molar-refractivity contribution is 5.91. The molecule has 0 aliphatic carbocycles. The highest BCUT2D eigenvalue weighted by Gasteiger charge is 2.19. The van der Waals surface area contributed by atoms with Gasteiger partial charge in [0.25, 0.3) is 0 Å². The fraction of sp³-hybridized carbons (Fsp3) is 0.235. The van der Waals surface area contributed by atoms with E-state index in [1.165, 1.54) is 11.1 Å². The summed E-state index contributed by atoms with van der Waals surface area (Å²) in [6.45, 7) is 1.36. The minimum Gasteiger partial charge on any atom is -0.497 e. The van der Waals surface area contributed by atoms with Gasteiger partial charge in [0.15, 0.2) is 0 Å². The molecule has 108 valence electrons. The maximum Gasteiger partial charge on any atom is 0.246 e. The van der Waals surface area contributed by atoms with E-state index in [1.807, 2.05) is 23.1 Å². The summed E-state index contributed by atoms with van der Waals surface area (Å²) in [6.07, 6.45) is 5.71. The van der Waals surface area contributed by atoms with Crippen LogP contribution in [-0.2, 0) is 17.8 Å². The van der Waals surface area contributed by atoms with Crippen molar-refractivity contribution in [1.29, 1.82) is 0 Å². The molecule has 0 saturated carbocycles. The van der Waals surface area contributed by atoms with Gasteiger partial charge in [-0.3, -0.25) is 4.79 Å². The van der Waals surface area contributed by atoms with Crippen LogP contribution in [0.3, 0.4) is 0 Å². The maximum absolute atomic E-state index is 12.2. The molecule has 3 rings (SSSR count). The fourth-order valence-electron chi connectivity index (χ4n) is 2.49. The largest absolute Gasteiger partial charge is 0.497 e. The van der Waals surface area contributed by atoms with Crippen molar-refractivity contribution in [3.8, 4) is 5.75 Å². The summed E-state index contributed by atoms with van der Waals surface area (Å²) in [6, 6.07) is 9.64. The molecule has 0 atom stereocenters. The number of fused-ring (bicyclic) bond motifs is 1. The van der Waals surface area contributed by atoms with E-state index in [-0.39, 0.29) is 5.91 Å². The summed E-state index contributed by atoms with van der Waals surface area (Å²) in [5, 5.41) is 0. The lowest BCUT2D eigenvalue weighted by Crippen LogP contribution is -2.34. The monoisotopic (exact) mass is 283 g/mol. The second-order valence-corrected chi connectivity index (χ2v) is 4.99. The Morgan fingerprint density at radius 2 is 2.24 bits per heavy atom. The Bertz CT molecular complexity index is 659. The first-order valence-corrected chi connectivity index (χ1v) is 6.92. The number of hydrogen-bond acceptors (Lipinski definition) is 3. The second-order valence-electron chi connectivity index (χ2n) is 4.99. The molecule has 1 amide bonds. The number of furan rings is 1. The van der Waals surface area contributed by atoms with Crippen LogP contribution in [0.4, 0.5) is 0 Å². The highest BCUT2D eigenvalue weighted by Crippen LogP contribution is 2.23. The summed E-state index contributed by atoms with van der Waals surface area (Å²) >= 11 is 0. The number of benzene rings is 1. The molecule has 0 spiro atoms. The van der Waals surface area contributed by atoms with Gasteiger partial charge in [-0.25, -0.2) is 0 Å². The predicted molar refractivity (Wildman–Crippen MR) is 79.9 cm³/mol. The number of carbonyl (C=O) groups is 1. The average molecular weight is 283 g/mol. The predicted octanol–water partition coefficient (Wildman–Crippen LogP) is 2.89. The lowest BCUT2D eigenvalue weighted by molar-refractivity contribution is -0.126. The van der Waals surface area contributed by atoms with Crippen molar-refractivity contribution in [1.82, 2.24) is 4.90 Å². The van der Waals surface area contributed by atoms with Gasteiger partial charge in [-0.1, -0.05) is 6.07 Å². The smallest absolute Gasteiger partial charge is 0.246 e. The minimum atomic E-state index is 0.00729. The van der Waals surface area contributed by atoms with E-state index in [0.717, 1.165) is 18.7 Å². The van der Waals surface area contributed by atoms with E-state index < -0.39 is 0 Å². The van der Waals surface area contributed by atoms with Crippen LogP contribution >= 0.6 is 0 Å². The van der Waals surface area contributed by atoms with Gasteiger partial charge >= 0.3 is 0 Å². The van der Waals surface area contributed by atoms with E-state index in [1.54, 1.807) is 31.6 Å². The standard InChI is InChI=1S/C17H17NO3/c1-20-16-5-4-14-12-18(9-8-13(14)11-16)17(19)7-6-15-3-2-10-21-15/h2-7,10-11H,8-9,12H2,1H3/b7-6+. The van der Waals surface area contributed by atoms with Crippen LogP contribution in [0.2, 0.25) is 0 Å². The number of hydrogen-bond donors (Lipinski definition) is 0. The van der Waals surface area contributed by atoms with Crippen molar-refractivity contribution in [3.63, 3.8) is 0 Å². The number of amides is 1. The lowest BCUT2D eigenvalue weighted by Gasteiger charge is -2.28. The van der Waals surface area contributed by atoms with Gasteiger partial charge in [0.2, 0.25) is 5.91 Å². The van der Waals surface area contributed by atoms with Gasteiger partial charge < -0.3 is 14.1 Å². The Labute approximate surface area is 123 Å². The van der Waals surface area contributed by atoms with Crippen molar-refractivity contribution in [2.45, 2.75) is 13.0 Å². The summed E-state index contributed by atoms with van der Waals surface area (Å²) < 4.78 is 10.4. The number of rotatable bonds is 3. The van der Waals surface area contributed by atoms with Gasteiger partial charge in [-0.2, -0.15) is 0 Å². The molecule has 4 heteroatoms. The Morgan fingerprint density at radius 3 is 3.00 bits per heavy atom. The molecular weight excluding hydrogens is 266 g/mol. The summed E-state index contributed by atoms with van der Waals surface area (Å²) in [7, 11) is 1.67. The van der Waals surface area contributed by atoms with Crippen molar-refractivity contribution in [2.24, 2.45) is 0 Å². The number of methoxy groups -OCH3 is 1. The van der Waals surface area contributed by atoms with Gasteiger partial charge in [0, 0.05) is 19.2 Å².